The van der Waals surface area contributed by atoms with Crippen molar-refractivity contribution in [1.29, 1.82) is 0 Å². The van der Waals surface area contributed by atoms with Gasteiger partial charge < -0.3 is 14.8 Å². The summed E-state index contributed by atoms with van der Waals surface area (Å²) < 4.78 is 63.7. The molecule has 2 N–H and O–H groups in total. The highest BCUT2D eigenvalue weighted by Gasteiger charge is 2.30. The van der Waals surface area contributed by atoms with Crippen LogP contribution in [0.2, 0.25) is 5.02 Å². The van der Waals surface area contributed by atoms with E-state index < -0.39 is 17.6 Å². The van der Waals surface area contributed by atoms with Crippen molar-refractivity contribution in [3.05, 3.63) is 99.3 Å². The third kappa shape index (κ3) is 8.66. The molecule has 1 aromatic heterocycles. The molecule has 4 rings (SSSR count). The fourth-order valence-corrected chi connectivity index (χ4v) is 4.58. The Morgan fingerprint density at radius 1 is 1.12 bits per heavy atom. The van der Waals surface area contributed by atoms with Crippen LogP contribution in [0.25, 0.3) is 0 Å². The molecular weight excluding hydrogens is 584 g/mol. The number of ether oxygens (including phenoxy) is 2. The first-order valence-electron chi connectivity index (χ1n) is 12.1. The van der Waals surface area contributed by atoms with E-state index in [9.17, 15) is 22.4 Å². The van der Waals surface area contributed by atoms with Gasteiger partial charge in [-0.25, -0.2) is 14.8 Å². The van der Waals surface area contributed by atoms with Gasteiger partial charge in [0.25, 0.3) is 0 Å². The van der Waals surface area contributed by atoms with Gasteiger partial charge in [0.1, 0.15) is 12.4 Å². The summed E-state index contributed by atoms with van der Waals surface area (Å²) in [5, 5.41) is 8.97. The molecule has 1 heterocycles. The Hall–Kier alpha value is -4.16. The number of halogens is 5. The number of carbonyl (C=O) groups excluding carboxylic acids is 1. The van der Waals surface area contributed by atoms with E-state index in [2.05, 4.69) is 20.8 Å². The van der Waals surface area contributed by atoms with Crippen LogP contribution in [0.4, 0.5) is 28.4 Å². The van der Waals surface area contributed by atoms with Crippen LogP contribution in [0.1, 0.15) is 29.3 Å². The number of rotatable bonds is 11. The second-order valence-corrected chi connectivity index (χ2v) is 9.76. The van der Waals surface area contributed by atoms with Crippen LogP contribution in [0.5, 0.6) is 11.5 Å². The molecule has 41 heavy (non-hydrogen) atoms. The summed E-state index contributed by atoms with van der Waals surface area (Å²) in [6.45, 7) is 2.21. The number of hydrazone groups is 1. The zero-order valence-corrected chi connectivity index (χ0v) is 23.0. The molecule has 0 atom stereocenters. The van der Waals surface area contributed by atoms with Gasteiger partial charge in [0.05, 0.1) is 35.5 Å². The number of hydrogen-bond donors (Lipinski definition) is 2. The number of carbonyl (C=O) groups is 1. The van der Waals surface area contributed by atoms with Crippen molar-refractivity contribution < 1.29 is 31.8 Å². The number of anilines is 2. The highest BCUT2D eigenvalue weighted by molar-refractivity contribution is 7.13. The summed E-state index contributed by atoms with van der Waals surface area (Å²) in [5.74, 6) is -0.189. The van der Waals surface area contributed by atoms with Gasteiger partial charge in [-0.15, -0.1) is 11.3 Å². The van der Waals surface area contributed by atoms with Crippen LogP contribution < -0.4 is 20.2 Å². The number of hydrogen-bond acceptors (Lipinski definition) is 7. The smallest absolute Gasteiger partial charge is 0.416 e. The van der Waals surface area contributed by atoms with Crippen molar-refractivity contribution >= 4 is 45.9 Å². The second kappa shape index (κ2) is 13.5. The largest absolute Gasteiger partial charge is 0.490 e. The highest BCUT2D eigenvalue weighted by Crippen LogP contribution is 2.37. The van der Waals surface area contributed by atoms with Gasteiger partial charge in [-0.05, 0) is 60.5 Å². The lowest BCUT2D eigenvalue weighted by Crippen LogP contribution is -2.20. The molecule has 0 fully saturated rings. The van der Waals surface area contributed by atoms with E-state index in [-0.39, 0.29) is 35.3 Å². The molecule has 0 spiro atoms. The molecule has 0 unspecified atom stereocenters. The third-order valence-corrected chi connectivity index (χ3v) is 6.43. The second-order valence-electron chi connectivity index (χ2n) is 8.50. The van der Waals surface area contributed by atoms with Crippen LogP contribution in [0.3, 0.4) is 0 Å². The summed E-state index contributed by atoms with van der Waals surface area (Å²) in [5.41, 5.74) is 3.41. The zero-order chi connectivity index (χ0) is 29.4. The number of alkyl halides is 3. The number of benzene rings is 3. The van der Waals surface area contributed by atoms with Crippen LogP contribution >= 0.6 is 22.9 Å². The summed E-state index contributed by atoms with van der Waals surface area (Å²) in [7, 11) is 0. The predicted molar refractivity (Wildman–Crippen MR) is 150 cm³/mol. The minimum absolute atomic E-state index is 0.0782. The van der Waals surface area contributed by atoms with Crippen molar-refractivity contribution in [3.63, 3.8) is 0 Å². The molecular formula is C28H23ClF4N4O3S. The van der Waals surface area contributed by atoms with E-state index in [4.69, 9.17) is 21.1 Å². The maximum absolute atomic E-state index is 13.5. The molecule has 1 amide bonds. The molecule has 0 saturated carbocycles. The fraction of sp³-hybridized carbons (Fsp3) is 0.179. The molecule has 3 aromatic carbocycles. The van der Waals surface area contributed by atoms with E-state index in [0.717, 1.165) is 23.5 Å². The van der Waals surface area contributed by atoms with Crippen molar-refractivity contribution in [2.45, 2.75) is 26.1 Å². The summed E-state index contributed by atoms with van der Waals surface area (Å²) >= 11 is 7.56. The highest BCUT2D eigenvalue weighted by atomic mass is 35.5. The average Bonchev–Trinajstić information content (AvgIpc) is 3.34. The van der Waals surface area contributed by atoms with Gasteiger partial charge in [-0.3, -0.25) is 4.79 Å². The molecule has 13 heteroatoms. The molecule has 0 radical (unpaired) electrons. The van der Waals surface area contributed by atoms with Gasteiger partial charge in [0, 0.05) is 11.1 Å². The van der Waals surface area contributed by atoms with Gasteiger partial charge in [-0.1, -0.05) is 29.8 Å². The van der Waals surface area contributed by atoms with Gasteiger partial charge in [0.15, 0.2) is 16.6 Å². The predicted octanol–water partition coefficient (Wildman–Crippen LogP) is 7.37. The molecule has 214 valence electrons. The molecule has 0 bridgehead atoms. The number of nitrogens with zero attached hydrogens (tertiary/aromatic N) is 2. The fourth-order valence-electron chi connectivity index (χ4n) is 3.57. The minimum atomic E-state index is -4.46. The quantitative estimate of drug-likeness (QED) is 0.106. The minimum Gasteiger partial charge on any atom is -0.490 e. The Morgan fingerprint density at radius 2 is 1.93 bits per heavy atom. The molecule has 7 nitrogen and oxygen atoms in total. The van der Waals surface area contributed by atoms with Crippen LogP contribution in [0, 0.1) is 5.82 Å². The Kier molecular flexibility index (Phi) is 9.79. The molecule has 4 aromatic rings. The van der Waals surface area contributed by atoms with Crippen molar-refractivity contribution in [1.82, 2.24) is 10.4 Å². The van der Waals surface area contributed by atoms with Crippen molar-refractivity contribution in [3.8, 4) is 11.5 Å². The lowest BCUT2D eigenvalue weighted by molar-refractivity contribution is -0.137. The number of thiazole rings is 1. The Balaban J connectivity index is 1.34. The number of aromatic nitrogens is 1. The van der Waals surface area contributed by atoms with Crippen molar-refractivity contribution in [2.75, 3.05) is 11.9 Å². The van der Waals surface area contributed by atoms with E-state index in [1.807, 2.05) is 0 Å². The Labute approximate surface area is 241 Å². The maximum Gasteiger partial charge on any atom is 0.416 e. The molecule has 0 aliphatic heterocycles. The van der Waals surface area contributed by atoms with E-state index in [1.165, 1.54) is 30.5 Å². The first-order chi connectivity index (χ1) is 19.6. The standard InChI is InChI=1S/C28H23ClF4N4O3S/c1-2-39-24-11-18(10-23(29)26(24)40-15-17-5-3-7-20(30)9-17)14-34-37-25(38)13-22-16-41-27(36-22)35-21-8-4-6-19(12-21)28(31,32)33/h3-12,14,16H,2,13,15H2,1H3,(H,35,36)(H,37,38)/b34-14-. The van der Waals surface area contributed by atoms with Gasteiger partial charge in [-0.2, -0.15) is 18.3 Å². The van der Waals surface area contributed by atoms with E-state index >= 15 is 0 Å². The topological polar surface area (TPSA) is 84.8 Å². The lowest BCUT2D eigenvalue weighted by atomic mass is 10.2. The number of nitrogens with one attached hydrogen (secondary N) is 2. The first kappa shape index (κ1) is 29.8. The van der Waals surface area contributed by atoms with E-state index in [1.54, 1.807) is 36.6 Å². The average molecular weight is 607 g/mol. The molecule has 0 saturated heterocycles. The van der Waals surface area contributed by atoms with Gasteiger partial charge in [0.2, 0.25) is 5.91 Å². The summed E-state index contributed by atoms with van der Waals surface area (Å²) in [6.07, 6.45) is -3.18. The van der Waals surface area contributed by atoms with Crippen LogP contribution in [-0.2, 0) is 24.0 Å². The van der Waals surface area contributed by atoms with Crippen LogP contribution in [0.15, 0.2) is 71.1 Å². The summed E-state index contributed by atoms with van der Waals surface area (Å²) in [6, 6.07) is 14.0. The summed E-state index contributed by atoms with van der Waals surface area (Å²) in [4.78, 5) is 16.6. The lowest BCUT2D eigenvalue weighted by Gasteiger charge is -2.14. The Bertz CT molecular complexity index is 1550. The monoisotopic (exact) mass is 606 g/mol. The maximum atomic E-state index is 13.5. The third-order valence-electron chi connectivity index (χ3n) is 5.34. The van der Waals surface area contributed by atoms with Crippen LogP contribution in [-0.4, -0.2) is 23.7 Å². The molecule has 0 aliphatic carbocycles. The van der Waals surface area contributed by atoms with Crippen molar-refractivity contribution in [2.24, 2.45) is 5.10 Å². The number of amides is 1. The Morgan fingerprint density at radius 3 is 2.68 bits per heavy atom. The molecule has 0 aliphatic rings. The zero-order valence-electron chi connectivity index (χ0n) is 21.5. The SMILES string of the molecule is CCOc1cc(/C=N\NC(=O)Cc2csc(Nc3cccc(C(F)(F)F)c3)n2)cc(Cl)c1OCc1cccc(F)c1. The van der Waals surface area contributed by atoms with E-state index in [0.29, 0.717) is 34.3 Å². The normalized spacial score (nSPS) is 11.5. The van der Waals surface area contributed by atoms with Gasteiger partial charge >= 0.3 is 6.18 Å². The first-order valence-corrected chi connectivity index (χ1v) is 13.4.